The van der Waals surface area contributed by atoms with Gasteiger partial charge in [-0.25, -0.2) is 0 Å². The summed E-state index contributed by atoms with van der Waals surface area (Å²) < 4.78 is 5.59. The van der Waals surface area contributed by atoms with Gasteiger partial charge in [0, 0.05) is 13.2 Å². The van der Waals surface area contributed by atoms with Crippen LogP contribution in [0.2, 0.25) is 0 Å². The fraction of sp³-hybridized carbons (Fsp3) is 0.579. The molecule has 1 aliphatic heterocycles. The number of rotatable bonds is 10. The minimum absolute atomic E-state index is 0.146. The number of allylic oxidation sites excluding steroid dienone is 4. The second-order valence-electron chi connectivity index (χ2n) is 6.55. The van der Waals surface area contributed by atoms with E-state index in [9.17, 15) is 4.79 Å². The van der Waals surface area contributed by atoms with E-state index in [-0.39, 0.29) is 29.8 Å². The molecule has 0 spiro atoms. The predicted octanol–water partition coefficient (Wildman–Crippen LogP) is 1.18. The first-order valence-electron chi connectivity index (χ1n) is 9.01. The van der Waals surface area contributed by atoms with Crippen LogP contribution in [-0.4, -0.2) is 43.6 Å². The summed E-state index contributed by atoms with van der Waals surface area (Å²) in [6, 6.07) is -0.329. The van der Waals surface area contributed by atoms with Crippen LogP contribution in [0.4, 0.5) is 0 Å². The van der Waals surface area contributed by atoms with Gasteiger partial charge in [0.25, 0.3) is 0 Å². The fourth-order valence-electron chi connectivity index (χ4n) is 3.11. The Hall–Kier alpha value is -2.12. The first kappa shape index (κ1) is 21.9. The normalized spacial score (nSPS) is 21.8. The minimum atomic E-state index is -0.508. The molecule has 146 valence electrons. The number of nitrogens with zero attached hydrogens (tertiary/aromatic N) is 1. The summed E-state index contributed by atoms with van der Waals surface area (Å²) in [7, 11) is 1.63. The number of carbonyl (C=O) groups is 1. The number of hydrazone groups is 1. The maximum Gasteiger partial charge on any atom is 0.226 e. The Kier molecular flexibility index (Phi) is 9.69. The number of hydrogen-bond donors (Lipinski definition) is 4. The Morgan fingerprint density at radius 3 is 2.77 bits per heavy atom. The second kappa shape index (κ2) is 11.5. The van der Waals surface area contributed by atoms with Crippen molar-refractivity contribution in [2.75, 3.05) is 13.7 Å². The third-order valence-electron chi connectivity index (χ3n) is 4.60. The second-order valence-corrected chi connectivity index (χ2v) is 6.55. The summed E-state index contributed by atoms with van der Waals surface area (Å²) in [4.78, 5) is 12.7. The van der Waals surface area contributed by atoms with Gasteiger partial charge in [-0.05, 0) is 32.7 Å². The highest BCUT2D eigenvalue weighted by atomic mass is 16.5. The van der Waals surface area contributed by atoms with E-state index < -0.39 is 6.04 Å². The fourth-order valence-corrected chi connectivity index (χ4v) is 3.11. The molecule has 4 atom stereocenters. The Morgan fingerprint density at radius 1 is 1.50 bits per heavy atom. The summed E-state index contributed by atoms with van der Waals surface area (Å²) in [6.45, 7) is 8.73. The molecule has 1 saturated heterocycles. The molecule has 1 aliphatic rings. The van der Waals surface area contributed by atoms with Crippen LogP contribution < -0.4 is 22.2 Å². The maximum atomic E-state index is 12.7. The van der Waals surface area contributed by atoms with Crippen LogP contribution in [0.3, 0.4) is 0 Å². The molecule has 1 fully saturated rings. The molecule has 1 amide bonds. The molecule has 1 heterocycles. The molecule has 0 radical (unpaired) electrons. The van der Waals surface area contributed by atoms with E-state index in [0.29, 0.717) is 6.42 Å². The molecule has 0 aromatic heterocycles. The van der Waals surface area contributed by atoms with Crippen LogP contribution in [-0.2, 0) is 9.53 Å². The zero-order valence-corrected chi connectivity index (χ0v) is 16.1. The number of methoxy groups -OCH3 is 1. The van der Waals surface area contributed by atoms with Gasteiger partial charge in [-0.15, -0.1) is 0 Å². The Balaban J connectivity index is 2.76. The lowest BCUT2D eigenvalue weighted by Crippen LogP contribution is -2.51. The van der Waals surface area contributed by atoms with Gasteiger partial charge in [0.15, 0.2) is 0 Å². The highest BCUT2D eigenvalue weighted by molar-refractivity contribution is 5.91. The van der Waals surface area contributed by atoms with E-state index in [1.54, 1.807) is 7.11 Å². The van der Waals surface area contributed by atoms with Crippen LogP contribution in [0.1, 0.15) is 33.1 Å². The summed E-state index contributed by atoms with van der Waals surface area (Å²) in [5.41, 5.74) is 6.70. The van der Waals surface area contributed by atoms with Crippen molar-refractivity contribution in [2.24, 2.45) is 22.6 Å². The first-order valence-corrected chi connectivity index (χ1v) is 9.01. The average molecular weight is 364 g/mol. The van der Waals surface area contributed by atoms with Crippen molar-refractivity contribution in [3.8, 4) is 0 Å². The van der Waals surface area contributed by atoms with E-state index in [1.807, 2.05) is 38.2 Å². The van der Waals surface area contributed by atoms with Crippen molar-refractivity contribution in [1.82, 2.24) is 10.6 Å². The van der Waals surface area contributed by atoms with Gasteiger partial charge in [-0.3, -0.25) is 4.79 Å². The molecule has 0 aromatic rings. The molecule has 7 nitrogen and oxygen atoms in total. The van der Waals surface area contributed by atoms with Crippen LogP contribution >= 0.6 is 0 Å². The SMILES string of the molecule is C=C(/C=C\C=C/C)CC(NC(=O)C(C)C(OC)C1CCCN1)/C(N)=N/N. The zero-order valence-electron chi connectivity index (χ0n) is 16.1. The average Bonchev–Trinajstić information content (AvgIpc) is 3.15. The van der Waals surface area contributed by atoms with Crippen molar-refractivity contribution in [3.63, 3.8) is 0 Å². The number of nitrogens with one attached hydrogen (secondary N) is 2. The lowest BCUT2D eigenvalue weighted by atomic mass is 9.95. The van der Waals surface area contributed by atoms with Crippen molar-refractivity contribution in [1.29, 1.82) is 0 Å². The molecule has 1 rings (SSSR count). The topological polar surface area (TPSA) is 115 Å². The van der Waals surface area contributed by atoms with Crippen LogP contribution in [0.15, 0.2) is 41.6 Å². The number of amides is 1. The van der Waals surface area contributed by atoms with Crippen LogP contribution in [0.5, 0.6) is 0 Å². The van der Waals surface area contributed by atoms with E-state index in [2.05, 4.69) is 22.3 Å². The minimum Gasteiger partial charge on any atom is -0.384 e. The molecule has 6 N–H and O–H groups in total. The van der Waals surface area contributed by atoms with Crippen LogP contribution in [0, 0.1) is 5.92 Å². The van der Waals surface area contributed by atoms with Crippen molar-refractivity contribution < 1.29 is 9.53 Å². The highest BCUT2D eigenvalue weighted by Gasteiger charge is 2.34. The number of carbonyl (C=O) groups excluding carboxylic acids is 1. The molecule has 0 aliphatic carbocycles. The van der Waals surface area contributed by atoms with Gasteiger partial charge in [-0.1, -0.05) is 43.4 Å². The smallest absolute Gasteiger partial charge is 0.226 e. The third-order valence-corrected chi connectivity index (χ3v) is 4.60. The monoisotopic (exact) mass is 363 g/mol. The highest BCUT2D eigenvalue weighted by Crippen LogP contribution is 2.19. The molecular weight excluding hydrogens is 330 g/mol. The molecule has 7 heteroatoms. The molecule has 0 saturated carbocycles. The van der Waals surface area contributed by atoms with Gasteiger partial charge in [-0.2, -0.15) is 5.10 Å². The molecule has 0 bridgehead atoms. The molecule has 0 aromatic carbocycles. The zero-order chi connectivity index (χ0) is 19.5. The Morgan fingerprint density at radius 2 is 2.23 bits per heavy atom. The van der Waals surface area contributed by atoms with Gasteiger partial charge < -0.3 is 26.9 Å². The number of ether oxygens (including phenoxy) is 1. The number of hydrogen-bond acceptors (Lipinski definition) is 5. The van der Waals surface area contributed by atoms with E-state index >= 15 is 0 Å². The van der Waals surface area contributed by atoms with E-state index in [0.717, 1.165) is 25.0 Å². The molecule has 4 unspecified atom stereocenters. The summed E-state index contributed by atoms with van der Waals surface area (Å²) in [5, 5.41) is 9.87. The van der Waals surface area contributed by atoms with Gasteiger partial charge >= 0.3 is 0 Å². The lowest BCUT2D eigenvalue weighted by molar-refractivity contribution is -0.129. The Labute approximate surface area is 156 Å². The van der Waals surface area contributed by atoms with Gasteiger partial charge in [0.2, 0.25) is 5.91 Å². The third kappa shape index (κ3) is 6.65. The summed E-state index contributed by atoms with van der Waals surface area (Å²) in [5.74, 6) is 5.01. The van der Waals surface area contributed by atoms with Gasteiger partial charge in [0.05, 0.1) is 18.1 Å². The predicted molar refractivity (Wildman–Crippen MR) is 106 cm³/mol. The van der Waals surface area contributed by atoms with Crippen molar-refractivity contribution >= 4 is 11.7 Å². The number of nitrogens with two attached hydrogens (primary N) is 2. The molecule has 26 heavy (non-hydrogen) atoms. The standard InChI is InChI=1S/C19H33N5O2/c1-5-6-7-9-13(2)12-16(18(20)24-21)23-19(25)14(3)17(26-4)15-10-8-11-22-15/h5-7,9,14-17,22H,2,8,10-12,21H2,1,3-4H3,(H2,20,24)(H,23,25)/b6-5-,9-7-. The van der Waals surface area contributed by atoms with E-state index in [1.165, 1.54) is 0 Å². The molecular formula is C19H33N5O2. The lowest BCUT2D eigenvalue weighted by Gasteiger charge is -2.29. The van der Waals surface area contributed by atoms with Crippen LogP contribution in [0.25, 0.3) is 0 Å². The van der Waals surface area contributed by atoms with Crippen molar-refractivity contribution in [2.45, 2.75) is 51.3 Å². The maximum absolute atomic E-state index is 12.7. The van der Waals surface area contributed by atoms with Crippen molar-refractivity contribution in [3.05, 3.63) is 36.5 Å². The quantitative estimate of drug-likeness (QED) is 0.153. The summed E-state index contributed by atoms with van der Waals surface area (Å²) >= 11 is 0. The largest absolute Gasteiger partial charge is 0.384 e. The van der Waals surface area contributed by atoms with E-state index in [4.69, 9.17) is 16.3 Å². The Bertz CT molecular complexity index is 550. The van der Waals surface area contributed by atoms with Gasteiger partial charge in [0.1, 0.15) is 5.84 Å². The number of amidine groups is 1. The summed E-state index contributed by atoms with van der Waals surface area (Å²) in [6.07, 6.45) is 9.89. The first-order chi connectivity index (χ1) is 12.4.